The molecule has 2 N–H and O–H groups in total. The van der Waals surface area contributed by atoms with Gasteiger partial charge in [0, 0.05) is 24.8 Å². The molecular weight excluding hydrogens is 272 g/mol. The maximum Gasteiger partial charge on any atom is 0.270 e. The Balaban J connectivity index is 3.33. The van der Waals surface area contributed by atoms with Gasteiger partial charge < -0.3 is 10.5 Å². The molecule has 20 heavy (non-hydrogen) atoms. The Morgan fingerprint density at radius 2 is 2.25 bits per heavy atom. The van der Waals surface area contributed by atoms with Crippen molar-refractivity contribution < 1.29 is 18.4 Å². The minimum absolute atomic E-state index is 0.0291. The molecule has 0 bridgehead atoms. The molecule has 1 rings (SSSR count). The number of ether oxygens (including phenoxy) is 1. The lowest BCUT2D eigenvalue weighted by molar-refractivity contribution is -0.385. The fourth-order valence-corrected chi connectivity index (χ4v) is 1.70. The van der Waals surface area contributed by atoms with E-state index < -0.39 is 23.0 Å². The molecule has 0 heterocycles. The molecule has 0 saturated carbocycles. The number of halogens is 2. The molecule has 110 valence electrons. The van der Waals surface area contributed by atoms with Gasteiger partial charge in [0.05, 0.1) is 4.92 Å². The molecule has 1 aromatic carbocycles. The summed E-state index contributed by atoms with van der Waals surface area (Å²) in [5.74, 6) is -0.816. The van der Waals surface area contributed by atoms with Gasteiger partial charge in [-0.15, -0.1) is 0 Å². The van der Waals surface area contributed by atoms with E-state index in [0.29, 0.717) is 0 Å². The van der Waals surface area contributed by atoms with E-state index in [1.54, 1.807) is 0 Å². The van der Waals surface area contributed by atoms with Crippen molar-refractivity contribution in [1.29, 1.82) is 0 Å². The van der Waals surface area contributed by atoms with Crippen LogP contribution in [0.2, 0.25) is 0 Å². The van der Waals surface area contributed by atoms with E-state index in [0.717, 1.165) is 18.2 Å². The number of hydrogen-bond acceptors (Lipinski definition) is 4. The Kier molecular flexibility index (Phi) is 5.09. The first-order valence-corrected chi connectivity index (χ1v) is 5.67. The van der Waals surface area contributed by atoms with Gasteiger partial charge in [0.1, 0.15) is 30.5 Å². The summed E-state index contributed by atoms with van der Waals surface area (Å²) in [5.41, 5.74) is 3.32. The number of nitrogens with two attached hydrogens (primary N) is 1. The van der Waals surface area contributed by atoms with E-state index in [9.17, 15) is 18.9 Å². The predicted octanol–water partition coefficient (Wildman–Crippen LogP) is 1.92. The zero-order chi connectivity index (χ0) is 15.3. The number of nitrogens with zero attached hydrogens (tertiary/aromatic N) is 2. The van der Waals surface area contributed by atoms with Crippen LogP contribution in [0.4, 0.5) is 14.5 Å². The number of alkyl halides is 1. The van der Waals surface area contributed by atoms with Crippen LogP contribution >= 0.6 is 0 Å². The molecule has 0 fully saturated rings. The fraction of sp³-hybridized carbons (Fsp3) is 0.417. The maximum atomic E-state index is 13.8. The quantitative estimate of drug-likeness (QED) is 0.374. The van der Waals surface area contributed by atoms with Crippen molar-refractivity contribution in [2.24, 2.45) is 10.7 Å². The van der Waals surface area contributed by atoms with Gasteiger partial charge in [-0.2, -0.15) is 0 Å². The third kappa shape index (κ3) is 3.47. The lowest BCUT2D eigenvalue weighted by atomic mass is 9.93. The second-order valence-electron chi connectivity index (χ2n) is 4.36. The average molecular weight is 287 g/mol. The Bertz CT molecular complexity index is 537. The summed E-state index contributed by atoms with van der Waals surface area (Å²) in [5, 5.41) is 10.7. The lowest BCUT2D eigenvalue weighted by Gasteiger charge is -2.23. The number of non-ortho nitro benzene ring substituents is 1. The molecule has 6 nitrogen and oxygen atoms in total. The van der Waals surface area contributed by atoms with Crippen LogP contribution in [0.3, 0.4) is 0 Å². The third-order valence-electron chi connectivity index (χ3n) is 2.68. The SMILES string of the molecule is COC/C(N)=N\[C@@](C)(CF)c1cc([N+](=O)[O-])ccc1F. The van der Waals surface area contributed by atoms with Crippen LogP contribution in [-0.4, -0.2) is 31.2 Å². The van der Waals surface area contributed by atoms with Crippen LogP contribution in [0.15, 0.2) is 23.2 Å². The van der Waals surface area contributed by atoms with E-state index in [-0.39, 0.29) is 23.7 Å². The summed E-state index contributed by atoms with van der Waals surface area (Å²) in [6.45, 7) is 0.194. The van der Waals surface area contributed by atoms with Crippen molar-refractivity contribution in [3.05, 3.63) is 39.7 Å². The van der Waals surface area contributed by atoms with E-state index in [4.69, 9.17) is 10.5 Å². The molecule has 0 aromatic heterocycles. The normalized spacial score (nSPS) is 14.9. The Labute approximate surface area is 114 Å². The Morgan fingerprint density at radius 3 is 2.75 bits per heavy atom. The maximum absolute atomic E-state index is 13.8. The summed E-state index contributed by atoms with van der Waals surface area (Å²) < 4.78 is 31.9. The Hall–Kier alpha value is -2.09. The van der Waals surface area contributed by atoms with Crippen LogP contribution in [0.25, 0.3) is 0 Å². The highest BCUT2D eigenvalue weighted by atomic mass is 19.1. The first-order chi connectivity index (χ1) is 9.34. The molecule has 0 radical (unpaired) electrons. The molecule has 0 aliphatic carbocycles. The number of methoxy groups -OCH3 is 1. The molecule has 1 atom stereocenters. The van der Waals surface area contributed by atoms with Crippen molar-refractivity contribution in [2.75, 3.05) is 20.4 Å². The summed E-state index contributed by atoms with van der Waals surface area (Å²) in [6.07, 6.45) is 0. The van der Waals surface area contributed by atoms with Crippen molar-refractivity contribution >= 4 is 11.5 Å². The number of amidine groups is 1. The summed E-state index contributed by atoms with van der Waals surface area (Å²) in [4.78, 5) is 13.9. The van der Waals surface area contributed by atoms with Crippen LogP contribution in [-0.2, 0) is 10.3 Å². The molecule has 8 heteroatoms. The average Bonchev–Trinajstić information content (AvgIpc) is 2.38. The predicted molar refractivity (Wildman–Crippen MR) is 69.9 cm³/mol. The second-order valence-corrected chi connectivity index (χ2v) is 4.36. The van der Waals surface area contributed by atoms with Gasteiger partial charge in [0.25, 0.3) is 5.69 Å². The van der Waals surface area contributed by atoms with Gasteiger partial charge in [0.15, 0.2) is 0 Å². The molecule has 0 aliphatic rings. The van der Waals surface area contributed by atoms with Gasteiger partial charge in [-0.3, -0.25) is 15.1 Å². The smallest absolute Gasteiger partial charge is 0.270 e. The van der Waals surface area contributed by atoms with E-state index >= 15 is 0 Å². The van der Waals surface area contributed by atoms with Crippen molar-refractivity contribution in [1.82, 2.24) is 0 Å². The van der Waals surface area contributed by atoms with Crippen LogP contribution < -0.4 is 5.73 Å². The fourth-order valence-electron chi connectivity index (χ4n) is 1.70. The minimum atomic E-state index is -1.64. The number of nitro benzene ring substituents is 1. The van der Waals surface area contributed by atoms with Crippen molar-refractivity contribution in [3.63, 3.8) is 0 Å². The third-order valence-corrected chi connectivity index (χ3v) is 2.68. The second kappa shape index (κ2) is 6.38. The van der Waals surface area contributed by atoms with Crippen LogP contribution in [0.5, 0.6) is 0 Å². The standard InChI is InChI=1S/C12H15F2N3O3/c1-12(7-13,16-11(15)6-20-2)9-5-8(17(18)19)3-4-10(9)14/h3-5H,6-7H2,1-2H3,(H2,15,16)/t12-/m0/s1. The zero-order valence-corrected chi connectivity index (χ0v) is 11.1. The summed E-state index contributed by atoms with van der Waals surface area (Å²) in [6, 6.07) is 2.86. The van der Waals surface area contributed by atoms with Crippen molar-refractivity contribution in [3.8, 4) is 0 Å². The molecule has 0 unspecified atom stereocenters. The topological polar surface area (TPSA) is 90.8 Å². The zero-order valence-electron chi connectivity index (χ0n) is 11.1. The van der Waals surface area contributed by atoms with E-state index in [2.05, 4.69) is 4.99 Å². The van der Waals surface area contributed by atoms with E-state index in [1.165, 1.54) is 14.0 Å². The lowest BCUT2D eigenvalue weighted by Crippen LogP contribution is -2.30. The van der Waals surface area contributed by atoms with Gasteiger partial charge >= 0.3 is 0 Å². The summed E-state index contributed by atoms with van der Waals surface area (Å²) >= 11 is 0. The number of aliphatic imine (C=N–C) groups is 1. The van der Waals surface area contributed by atoms with Gasteiger partial charge in [0.2, 0.25) is 0 Å². The molecule has 1 aromatic rings. The minimum Gasteiger partial charge on any atom is -0.386 e. The first-order valence-electron chi connectivity index (χ1n) is 5.67. The number of rotatable bonds is 6. The highest BCUT2D eigenvalue weighted by molar-refractivity contribution is 5.82. The van der Waals surface area contributed by atoms with Gasteiger partial charge in [-0.05, 0) is 13.0 Å². The largest absolute Gasteiger partial charge is 0.386 e. The van der Waals surface area contributed by atoms with Gasteiger partial charge in [-0.25, -0.2) is 8.78 Å². The number of hydrogen-bond donors (Lipinski definition) is 1. The van der Waals surface area contributed by atoms with E-state index in [1.807, 2.05) is 0 Å². The molecule has 0 saturated heterocycles. The van der Waals surface area contributed by atoms with Crippen LogP contribution in [0, 0.1) is 15.9 Å². The highest BCUT2D eigenvalue weighted by Gasteiger charge is 2.31. The highest BCUT2D eigenvalue weighted by Crippen LogP contribution is 2.31. The van der Waals surface area contributed by atoms with Crippen molar-refractivity contribution in [2.45, 2.75) is 12.5 Å². The Morgan fingerprint density at radius 1 is 1.60 bits per heavy atom. The molecule has 0 spiro atoms. The first kappa shape index (κ1) is 16.0. The summed E-state index contributed by atoms with van der Waals surface area (Å²) in [7, 11) is 1.38. The number of benzene rings is 1. The number of nitro groups is 1. The molecular formula is C12H15F2N3O3. The molecule has 0 aliphatic heterocycles. The van der Waals surface area contributed by atoms with Gasteiger partial charge in [-0.1, -0.05) is 0 Å². The molecule has 0 amide bonds. The van der Waals surface area contributed by atoms with Crippen LogP contribution in [0.1, 0.15) is 12.5 Å². The monoisotopic (exact) mass is 287 g/mol.